The average molecular weight is 1210 g/mol. The molecule has 0 aliphatic carbocycles. The van der Waals surface area contributed by atoms with Crippen LogP contribution in [0.25, 0.3) is 0 Å². The third-order valence-corrected chi connectivity index (χ3v) is 17.0. The number of piperidine rings is 2. The summed E-state index contributed by atoms with van der Waals surface area (Å²) in [5.74, 6) is 0.852. The topological polar surface area (TPSA) is 148 Å². The van der Waals surface area contributed by atoms with Crippen molar-refractivity contribution in [2.45, 2.75) is 70.4 Å². The van der Waals surface area contributed by atoms with E-state index in [9.17, 15) is 9.59 Å². The van der Waals surface area contributed by atoms with Gasteiger partial charge in [-0.3, -0.25) is 9.59 Å². The number of alkyl halides is 1. The van der Waals surface area contributed by atoms with Crippen molar-refractivity contribution < 1.29 is 9.59 Å². The summed E-state index contributed by atoms with van der Waals surface area (Å²) >= 11 is 34.4. The van der Waals surface area contributed by atoms with Gasteiger partial charge in [0.05, 0.1) is 25.4 Å². The molecule has 4 saturated heterocycles. The van der Waals surface area contributed by atoms with Crippen LogP contribution in [0.4, 0.5) is 33.7 Å². The van der Waals surface area contributed by atoms with Crippen LogP contribution >= 0.6 is 108 Å². The van der Waals surface area contributed by atoms with Gasteiger partial charge < -0.3 is 41.7 Å². The van der Waals surface area contributed by atoms with Gasteiger partial charge in [0.15, 0.2) is 21.2 Å². The van der Waals surface area contributed by atoms with E-state index in [-0.39, 0.29) is 27.3 Å². The summed E-state index contributed by atoms with van der Waals surface area (Å²) in [6, 6.07) is 27.9. The van der Waals surface area contributed by atoms with Crippen LogP contribution in [0.2, 0.25) is 20.1 Å². The third-order valence-electron chi connectivity index (χ3n) is 13.1. The van der Waals surface area contributed by atoms with E-state index in [0.29, 0.717) is 56.8 Å². The Hall–Kier alpha value is -3.25. The number of rotatable bonds is 12. The number of benzene rings is 4. The molecule has 4 fully saturated rings. The molecule has 5 aromatic rings. The van der Waals surface area contributed by atoms with Crippen LogP contribution in [0, 0.1) is 0 Å². The molecular weight excluding hydrogens is 1150 g/mol. The number of thiocarbonyl (C=S) groups is 1. The Morgan fingerprint density at radius 3 is 1.66 bits per heavy atom. The van der Waals surface area contributed by atoms with E-state index >= 15 is 0 Å². The second kappa shape index (κ2) is 29.3. The van der Waals surface area contributed by atoms with Crippen molar-refractivity contribution in [3.05, 3.63) is 121 Å². The Morgan fingerprint density at radius 1 is 0.726 bits per heavy atom. The SMILES string of the molecule is CCSC(N)=NC(=S)Nc1ccc(N2CCC(N3CCCC3)CC2)cc1.Nc1nc(Nc2ccc(N3CCC(N4CCCC4)CC3)cc2)sc1C(=O)c1ccc(Cl)c(Cl)c1.O=C(CBr)c1ccc(Cl)c(Cl)c1.P. The lowest BCUT2D eigenvalue weighted by Crippen LogP contribution is -2.43. The number of Topliss-reactive ketones (excluding diaryl/α,β-unsaturated/α-hetero) is 1. The molecule has 1 aromatic heterocycles. The fraction of sp³-hybridized carbons (Fsp3) is 0.404. The number of thioether (sulfide) groups is 1. The fourth-order valence-electron chi connectivity index (χ4n) is 9.32. The van der Waals surface area contributed by atoms with Gasteiger partial charge in [0.1, 0.15) is 10.7 Å². The molecule has 1 unspecified atom stereocenters. The van der Waals surface area contributed by atoms with E-state index in [4.69, 9.17) is 70.1 Å². The number of halogens is 5. The zero-order valence-electron chi connectivity index (χ0n) is 40.9. The second-order valence-corrected chi connectivity index (χ2v) is 22.7. The van der Waals surface area contributed by atoms with Crippen molar-refractivity contribution in [1.82, 2.24) is 14.8 Å². The minimum atomic E-state index is -0.228. The first-order valence-corrected chi connectivity index (χ1v) is 29.2. The number of aromatic nitrogens is 1. The predicted molar refractivity (Wildman–Crippen MR) is 326 cm³/mol. The summed E-state index contributed by atoms with van der Waals surface area (Å²) in [7, 11) is 0. The van der Waals surface area contributed by atoms with Gasteiger partial charge in [0.2, 0.25) is 5.78 Å². The molecule has 4 aliphatic rings. The highest BCUT2D eigenvalue weighted by molar-refractivity contribution is 9.09. The van der Waals surface area contributed by atoms with E-state index in [0.717, 1.165) is 55.4 Å². The summed E-state index contributed by atoms with van der Waals surface area (Å²) in [5.41, 5.74) is 17.2. The third kappa shape index (κ3) is 17.1. The van der Waals surface area contributed by atoms with E-state index in [2.05, 4.69) is 92.5 Å². The molecule has 1 atom stereocenters. The number of amidine groups is 1. The Labute approximate surface area is 475 Å². The zero-order chi connectivity index (χ0) is 51.1. The Balaban J connectivity index is 0.000000197. The van der Waals surface area contributed by atoms with Crippen molar-refractivity contribution in [1.29, 1.82) is 0 Å². The van der Waals surface area contributed by atoms with E-state index in [1.54, 1.807) is 36.4 Å². The van der Waals surface area contributed by atoms with Gasteiger partial charge in [-0.05, 0) is 180 Å². The first-order valence-electron chi connectivity index (χ1n) is 24.3. The molecule has 9 rings (SSSR count). The summed E-state index contributed by atoms with van der Waals surface area (Å²) in [5, 5.41) is 9.77. The molecule has 4 aromatic carbocycles. The first kappa shape index (κ1) is 59.0. The van der Waals surface area contributed by atoms with Gasteiger partial charge in [-0.25, -0.2) is 4.98 Å². The minimum Gasteiger partial charge on any atom is -0.382 e. The molecular formula is C52H64BrCl4N10O2PS3. The Bertz CT molecular complexity index is 2640. The Morgan fingerprint density at radius 2 is 1.19 bits per heavy atom. The van der Waals surface area contributed by atoms with Gasteiger partial charge >= 0.3 is 0 Å². The molecule has 4 aliphatic heterocycles. The zero-order valence-corrected chi connectivity index (χ0v) is 49.4. The largest absolute Gasteiger partial charge is 0.382 e. The maximum Gasteiger partial charge on any atom is 0.206 e. The number of carbonyl (C=O) groups excluding carboxylic acids is 2. The highest BCUT2D eigenvalue weighted by atomic mass is 79.9. The molecule has 392 valence electrons. The van der Waals surface area contributed by atoms with Crippen molar-refractivity contribution in [2.75, 3.05) is 89.6 Å². The van der Waals surface area contributed by atoms with Crippen LogP contribution in [0.3, 0.4) is 0 Å². The van der Waals surface area contributed by atoms with Gasteiger partial charge in [-0.1, -0.05) is 92.4 Å². The van der Waals surface area contributed by atoms with Crippen molar-refractivity contribution in [3.8, 4) is 0 Å². The second-order valence-electron chi connectivity index (χ2n) is 17.8. The van der Waals surface area contributed by atoms with Crippen LogP contribution < -0.4 is 31.9 Å². The number of ketones is 2. The lowest BCUT2D eigenvalue weighted by Gasteiger charge is -2.37. The van der Waals surface area contributed by atoms with E-state index < -0.39 is 0 Å². The summed E-state index contributed by atoms with van der Waals surface area (Å²) in [4.78, 5) is 43.2. The number of thiazole rings is 1. The van der Waals surface area contributed by atoms with Gasteiger partial charge in [0, 0.05) is 72.1 Å². The summed E-state index contributed by atoms with van der Waals surface area (Å²) < 4.78 is 0. The van der Waals surface area contributed by atoms with Gasteiger partial charge in [-0.15, -0.1) is 0 Å². The molecule has 6 N–H and O–H groups in total. The van der Waals surface area contributed by atoms with Crippen LogP contribution in [0.1, 0.15) is 83.9 Å². The lowest BCUT2D eigenvalue weighted by molar-refractivity contribution is 0.102. The normalized spacial score (nSPS) is 16.7. The molecule has 0 bridgehead atoms. The molecule has 0 radical (unpaired) electrons. The molecule has 0 spiro atoms. The van der Waals surface area contributed by atoms with Gasteiger partial charge in [-0.2, -0.15) is 14.9 Å². The van der Waals surface area contributed by atoms with E-state index in [1.807, 2.05) is 19.1 Å². The highest BCUT2D eigenvalue weighted by Crippen LogP contribution is 2.33. The van der Waals surface area contributed by atoms with Crippen molar-refractivity contribution in [2.24, 2.45) is 10.7 Å². The number of nitrogens with one attached hydrogen (secondary N) is 2. The molecule has 5 heterocycles. The molecule has 73 heavy (non-hydrogen) atoms. The minimum absolute atomic E-state index is 0. The number of nitrogens with zero attached hydrogens (tertiary/aromatic N) is 6. The average Bonchev–Trinajstić information content (AvgIpc) is 4.21. The lowest BCUT2D eigenvalue weighted by atomic mass is 10.0. The van der Waals surface area contributed by atoms with Crippen LogP contribution in [0.15, 0.2) is 89.9 Å². The van der Waals surface area contributed by atoms with E-state index in [1.165, 1.54) is 112 Å². The monoisotopic (exact) mass is 1210 g/mol. The first-order chi connectivity index (χ1) is 34.8. The Kier molecular flexibility index (Phi) is 23.7. The fourth-order valence-corrected chi connectivity index (χ4v) is 11.8. The molecule has 12 nitrogen and oxygen atoms in total. The number of carbonyl (C=O) groups is 2. The number of likely N-dealkylation sites (tertiary alicyclic amines) is 2. The quantitative estimate of drug-likeness (QED) is 0.0235. The molecule has 21 heteroatoms. The number of nitrogen functional groups attached to an aromatic ring is 1. The number of hydrogen-bond donors (Lipinski definition) is 4. The number of nitrogens with two attached hydrogens (primary N) is 2. The molecule has 0 saturated carbocycles. The number of anilines is 6. The maximum atomic E-state index is 12.9. The smallest absolute Gasteiger partial charge is 0.206 e. The predicted octanol–water partition coefficient (Wildman–Crippen LogP) is 13.2. The van der Waals surface area contributed by atoms with Crippen LogP contribution in [-0.4, -0.2) is 112 Å². The standard InChI is InChI=1S/C25H27Cl2N5OS.C19H29N5S2.C8H5BrCl2O.H3P/c26-20-8-3-16(15-21(20)27)22(33)23-24(28)30-25(34-23)29-17-4-6-18(7-5-17)32-13-9-19(10-14-32)31-11-1-2-12-31;1-2-26-18(20)22-19(25)21-15-5-7-16(8-6-15)24-13-9-17(10-14-24)23-11-3-4-12-23;9-4-8(12)5-1-2-6(10)7(11)3-5;/h3-8,15,19H,1-2,9-14,28H2,(H,29,30);5-8,17H,2-4,9-14H2,1H3,(H3,20,21,22,25);1-3H,4H2;1H3. The number of aliphatic imine (C=N–C) groups is 1. The summed E-state index contributed by atoms with van der Waals surface area (Å²) in [6.07, 6.45) is 10.5. The highest BCUT2D eigenvalue weighted by Gasteiger charge is 2.28. The van der Waals surface area contributed by atoms with Crippen LogP contribution in [0.5, 0.6) is 0 Å². The van der Waals surface area contributed by atoms with Crippen LogP contribution in [-0.2, 0) is 0 Å². The molecule has 0 amide bonds. The van der Waals surface area contributed by atoms with Gasteiger partial charge in [0.25, 0.3) is 0 Å². The number of hydrogen-bond acceptors (Lipinski definition) is 12. The summed E-state index contributed by atoms with van der Waals surface area (Å²) in [6.45, 7) is 11.6. The van der Waals surface area contributed by atoms with Crippen molar-refractivity contribution >= 4 is 163 Å². The maximum absolute atomic E-state index is 12.9. The van der Waals surface area contributed by atoms with Crippen molar-refractivity contribution in [3.63, 3.8) is 0 Å².